The molecule has 0 saturated heterocycles. The molecule has 0 saturated carbocycles. The highest BCUT2D eigenvalue weighted by atomic mass is 35.5. The minimum atomic E-state index is -0.711. The van der Waals surface area contributed by atoms with E-state index in [2.05, 4.69) is 10.5 Å². The van der Waals surface area contributed by atoms with Gasteiger partial charge in [-0.1, -0.05) is 41.9 Å². The number of rotatable bonds is 4. The number of amides is 1. The summed E-state index contributed by atoms with van der Waals surface area (Å²) in [6.07, 6.45) is -0.711. The molecule has 7 nitrogen and oxygen atoms in total. The molecule has 0 atom stereocenters. The molecule has 8 heteroatoms. The van der Waals surface area contributed by atoms with Crippen molar-refractivity contribution in [1.29, 1.82) is 0 Å². The van der Waals surface area contributed by atoms with Gasteiger partial charge in [0, 0.05) is 23.3 Å². The molecule has 2 rings (SSSR count). The van der Waals surface area contributed by atoms with Crippen molar-refractivity contribution in [2.45, 2.75) is 6.92 Å². The standard InChI is InChI=1S/C13H8ClNO3.C3H7NO2/c14-12-8-10(15(17)18)6-7-11(12)13(16)9-4-2-1-3-5-9;1-2-6-3(4)5/h1-8H;2H2,1H3,(H2,4,5). The van der Waals surface area contributed by atoms with Crippen molar-refractivity contribution >= 4 is 29.2 Å². The molecule has 0 aromatic heterocycles. The quantitative estimate of drug-likeness (QED) is 0.514. The largest absolute Gasteiger partial charge is 0.450 e. The molecule has 2 aromatic carbocycles. The average molecular weight is 351 g/mol. The van der Waals surface area contributed by atoms with Gasteiger partial charge in [0.1, 0.15) is 0 Å². The Kier molecular flexibility index (Phi) is 7.38. The SMILES string of the molecule is CCOC(N)=O.O=C(c1ccccc1)c1ccc([N+](=O)[O-])cc1Cl. The number of non-ortho nitro benzene ring substituents is 1. The molecule has 0 aliphatic carbocycles. The molecular weight excluding hydrogens is 336 g/mol. The van der Waals surface area contributed by atoms with Gasteiger partial charge in [0.25, 0.3) is 5.69 Å². The number of hydrogen-bond acceptors (Lipinski definition) is 5. The van der Waals surface area contributed by atoms with Crippen LogP contribution in [0, 0.1) is 10.1 Å². The van der Waals surface area contributed by atoms with Crippen LogP contribution in [0.2, 0.25) is 5.02 Å². The molecule has 0 unspecified atom stereocenters. The van der Waals surface area contributed by atoms with Gasteiger partial charge in [0.05, 0.1) is 16.6 Å². The maximum absolute atomic E-state index is 12.1. The lowest BCUT2D eigenvalue weighted by Gasteiger charge is -2.03. The van der Waals surface area contributed by atoms with Crippen LogP contribution in [0.4, 0.5) is 10.5 Å². The lowest BCUT2D eigenvalue weighted by atomic mass is 10.0. The number of primary amides is 1. The van der Waals surface area contributed by atoms with E-state index >= 15 is 0 Å². The Balaban J connectivity index is 0.000000413. The number of hydrogen-bond donors (Lipinski definition) is 1. The topological polar surface area (TPSA) is 113 Å². The van der Waals surface area contributed by atoms with Crippen molar-refractivity contribution in [3.05, 3.63) is 74.8 Å². The predicted molar refractivity (Wildman–Crippen MR) is 89.2 cm³/mol. The summed E-state index contributed by atoms with van der Waals surface area (Å²) in [6, 6.07) is 12.4. The first-order valence-electron chi connectivity index (χ1n) is 6.82. The first-order chi connectivity index (χ1) is 11.4. The Hall–Kier alpha value is -2.93. The van der Waals surface area contributed by atoms with Crippen LogP contribution in [-0.2, 0) is 4.74 Å². The number of carbonyl (C=O) groups excluding carboxylic acids is 2. The molecule has 0 aliphatic heterocycles. The number of benzene rings is 2. The minimum Gasteiger partial charge on any atom is -0.450 e. The van der Waals surface area contributed by atoms with Gasteiger partial charge in [0.15, 0.2) is 5.78 Å². The summed E-state index contributed by atoms with van der Waals surface area (Å²) in [5.74, 6) is -0.254. The van der Waals surface area contributed by atoms with Crippen molar-refractivity contribution in [2.75, 3.05) is 6.61 Å². The highest BCUT2D eigenvalue weighted by molar-refractivity contribution is 6.35. The summed E-state index contributed by atoms with van der Waals surface area (Å²) in [4.78, 5) is 31.7. The first kappa shape index (κ1) is 19.1. The van der Waals surface area contributed by atoms with E-state index in [-0.39, 0.29) is 22.1 Å². The Morgan fingerprint density at radius 1 is 1.21 bits per heavy atom. The van der Waals surface area contributed by atoms with Crippen molar-refractivity contribution < 1.29 is 19.2 Å². The summed E-state index contributed by atoms with van der Waals surface area (Å²) in [5.41, 5.74) is 5.16. The zero-order valence-electron chi connectivity index (χ0n) is 12.8. The predicted octanol–water partition coefficient (Wildman–Crippen LogP) is 3.58. The Morgan fingerprint density at radius 3 is 2.25 bits per heavy atom. The van der Waals surface area contributed by atoms with Crippen molar-refractivity contribution in [2.24, 2.45) is 5.73 Å². The summed E-state index contributed by atoms with van der Waals surface area (Å²) < 4.78 is 4.18. The zero-order chi connectivity index (χ0) is 18.1. The smallest absolute Gasteiger partial charge is 0.404 e. The highest BCUT2D eigenvalue weighted by Crippen LogP contribution is 2.24. The van der Waals surface area contributed by atoms with Crippen LogP contribution < -0.4 is 5.73 Å². The van der Waals surface area contributed by atoms with Gasteiger partial charge in [-0.05, 0) is 13.0 Å². The van der Waals surface area contributed by atoms with Gasteiger partial charge in [-0.2, -0.15) is 0 Å². The first-order valence-corrected chi connectivity index (χ1v) is 7.20. The second kappa shape index (κ2) is 9.26. The van der Waals surface area contributed by atoms with E-state index in [1.54, 1.807) is 37.3 Å². The van der Waals surface area contributed by atoms with Crippen LogP contribution in [0.1, 0.15) is 22.8 Å². The highest BCUT2D eigenvalue weighted by Gasteiger charge is 2.15. The second-order valence-electron chi connectivity index (χ2n) is 4.37. The molecule has 0 radical (unpaired) electrons. The monoisotopic (exact) mass is 350 g/mol. The molecule has 0 heterocycles. The number of nitrogens with two attached hydrogens (primary N) is 1. The van der Waals surface area contributed by atoms with Gasteiger partial charge in [-0.25, -0.2) is 4.79 Å². The number of nitro benzene ring substituents is 1. The molecule has 0 aliphatic rings. The molecule has 0 fully saturated rings. The van der Waals surface area contributed by atoms with Crippen molar-refractivity contribution in [3.63, 3.8) is 0 Å². The maximum atomic E-state index is 12.1. The third-order valence-corrected chi connectivity index (χ3v) is 3.04. The van der Waals surface area contributed by atoms with Crippen molar-refractivity contribution in [3.8, 4) is 0 Å². The van der Waals surface area contributed by atoms with Gasteiger partial charge < -0.3 is 10.5 Å². The zero-order valence-corrected chi connectivity index (χ0v) is 13.5. The number of nitro groups is 1. The molecule has 2 aromatic rings. The summed E-state index contributed by atoms with van der Waals surface area (Å²) in [5, 5.41) is 10.6. The van der Waals surface area contributed by atoms with Crippen molar-refractivity contribution in [1.82, 2.24) is 0 Å². The van der Waals surface area contributed by atoms with Gasteiger partial charge in [-0.3, -0.25) is 14.9 Å². The van der Waals surface area contributed by atoms with E-state index in [0.717, 1.165) is 0 Å². The lowest BCUT2D eigenvalue weighted by molar-refractivity contribution is -0.384. The fourth-order valence-electron chi connectivity index (χ4n) is 1.69. The molecule has 0 bridgehead atoms. The minimum absolute atomic E-state index is 0.0815. The van der Waals surface area contributed by atoms with E-state index < -0.39 is 11.0 Å². The van der Waals surface area contributed by atoms with E-state index in [9.17, 15) is 19.7 Å². The number of nitrogens with zero attached hydrogens (tertiary/aromatic N) is 1. The van der Waals surface area contributed by atoms with Crippen LogP contribution >= 0.6 is 11.6 Å². The normalized spacial score (nSPS) is 9.42. The van der Waals surface area contributed by atoms with Gasteiger partial charge >= 0.3 is 6.09 Å². The second-order valence-corrected chi connectivity index (χ2v) is 4.78. The van der Waals surface area contributed by atoms with Crippen LogP contribution in [0.25, 0.3) is 0 Å². The third kappa shape index (κ3) is 5.69. The number of ether oxygens (including phenoxy) is 1. The molecule has 1 amide bonds. The van der Waals surface area contributed by atoms with Gasteiger partial charge in [-0.15, -0.1) is 0 Å². The number of ketones is 1. The Morgan fingerprint density at radius 2 is 1.83 bits per heavy atom. The van der Waals surface area contributed by atoms with Crippen LogP contribution in [-0.4, -0.2) is 23.4 Å². The summed E-state index contributed by atoms with van der Waals surface area (Å²) in [7, 11) is 0. The molecule has 24 heavy (non-hydrogen) atoms. The third-order valence-electron chi connectivity index (χ3n) is 2.73. The molecule has 126 valence electrons. The molecular formula is C16H15ClN2O5. The summed E-state index contributed by atoms with van der Waals surface area (Å²) >= 11 is 5.89. The Bertz CT molecular complexity index is 735. The maximum Gasteiger partial charge on any atom is 0.404 e. The van der Waals surface area contributed by atoms with E-state index in [1.807, 2.05) is 0 Å². The number of halogens is 1. The number of carbonyl (C=O) groups is 2. The van der Waals surface area contributed by atoms with E-state index in [0.29, 0.717) is 12.2 Å². The Labute approximate surface area is 143 Å². The lowest BCUT2D eigenvalue weighted by Crippen LogP contribution is -2.11. The van der Waals surface area contributed by atoms with Crippen LogP contribution in [0.3, 0.4) is 0 Å². The molecule has 2 N–H and O–H groups in total. The fourth-order valence-corrected chi connectivity index (χ4v) is 1.95. The summed E-state index contributed by atoms with van der Waals surface area (Å²) in [6.45, 7) is 2.06. The average Bonchev–Trinajstić information content (AvgIpc) is 2.55. The van der Waals surface area contributed by atoms with Crippen LogP contribution in [0.5, 0.6) is 0 Å². The van der Waals surface area contributed by atoms with Crippen LogP contribution in [0.15, 0.2) is 48.5 Å². The van der Waals surface area contributed by atoms with Gasteiger partial charge in [0.2, 0.25) is 0 Å². The van der Waals surface area contributed by atoms with E-state index in [4.69, 9.17) is 11.6 Å². The molecule has 0 spiro atoms. The van der Waals surface area contributed by atoms with E-state index in [1.165, 1.54) is 18.2 Å². The fraction of sp³-hybridized carbons (Fsp3) is 0.125.